The van der Waals surface area contributed by atoms with Crippen molar-refractivity contribution in [3.05, 3.63) is 168 Å². The molecule has 4 heteroatoms. The van der Waals surface area contributed by atoms with Crippen LogP contribution in [0.15, 0.2) is 146 Å². The molecule has 0 heterocycles. The van der Waals surface area contributed by atoms with Crippen LogP contribution >= 0.6 is 0 Å². The fourth-order valence-corrected chi connectivity index (χ4v) is 7.61. The third-order valence-corrected chi connectivity index (χ3v) is 9.84. The second-order valence-corrected chi connectivity index (χ2v) is 11.6. The van der Waals surface area contributed by atoms with Crippen LogP contribution in [0.4, 0.5) is 0 Å². The van der Waals surface area contributed by atoms with E-state index in [1.807, 2.05) is 0 Å². The zero-order valence-corrected chi connectivity index (χ0v) is 23.1. The Morgan fingerprint density at radius 2 is 0.583 bits per heavy atom. The second kappa shape index (κ2) is 12.4. The van der Waals surface area contributed by atoms with E-state index in [9.17, 15) is 0 Å². The van der Waals surface area contributed by atoms with Crippen LogP contribution in [0.1, 0.15) is 34.5 Å². The summed E-state index contributed by atoms with van der Waals surface area (Å²) in [6, 6.07) is 50.8. The first-order valence-corrected chi connectivity index (χ1v) is 14.9. The maximum absolute atomic E-state index is 6.72. The quantitative estimate of drug-likeness (QED) is 0.257. The zero-order valence-electron chi connectivity index (χ0n) is 20.2. The molecule has 0 saturated carbocycles. The molecule has 0 atom stereocenters. The SMILES string of the molecule is c1ccc(C(O[SiH2]c2ccccc2[SiH2]OC(c2ccccc2)c2ccccc2)c2ccccc2)cc1. The summed E-state index contributed by atoms with van der Waals surface area (Å²) in [6.45, 7) is 0. The van der Waals surface area contributed by atoms with Crippen LogP contribution in [0.3, 0.4) is 0 Å². The van der Waals surface area contributed by atoms with Crippen LogP contribution in [0.2, 0.25) is 0 Å². The van der Waals surface area contributed by atoms with Crippen molar-refractivity contribution < 1.29 is 8.85 Å². The molecule has 0 aliphatic heterocycles. The smallest absolute Gasteiger partial charge is 0.193 e. The van der Waals surface area contributed by atoms with Gasteiger partial charge >= 0.3 is 0 Å². The van der Waals surface area contributed by atoms with Gasteiger partial charge in [0.1, 0.15) is 0 Å². The molecule has 0 aliphatic rings. The van der Waals surface area contributed by atoms with Crippen LogP contribution < -0.4 is 10.4 Å². The lowest BCUT2D eigenvalue weighted by molar-refractivity contribution is 0.264. The summed E-state index contributed by atoms with van der Waals surface area (Å²) >= 11 is 0. The summed E-state index contributed by atoms with van der Waals surface area (Å²) in [7, 11) is -1.98. The van der Waals surface area contributed by atoms with Crippen LogP contribution in [0.25, 0.3) is 0 Å². The third-order valence-electron chi connectivity index (χ3n) is 6.34. The minimum absolute atomic E-state index is 0.0592. The maximum Gasteiger partial charge on any atom is 0.193 e. The van der Waals surface area contributed by atoms with Gasteiger partial charge in [0, 0.05) is 0 Å². The van der Waals surface area contributed by atoms with Crippen molar-refractivity contribution in [1.29, 1.82) is 0 Å². The van der Waals surface area contributed by atoms with E-state index in [0.29, 0.717) is 0 Å². The Kier molecular flexibility index (Phi) is 8.34. The third kappa shape index (κ3) is 6.17. The zero-order chi connectivity index (χ0) is 24.4. The Bertz CT molecular complexity index is 1150. The molecule has 0 radical (unpaired) electrons. The van der Waals surface area contributed by atoms with Crippen molar-refractivity contribution in [1.82, 2.24) is 0 Å². The number of rotatable bonds is 10. The van der Waals surface area contributed by atoms with Crippen molar-refractivity contribution in [3.63, 3.8) is 0 Å². The van der Waals surface area contributed by atoms with E-state index in [2.05, 4.69) is 146 Å². The van der Waals surface area contributed by atoms with Gasteiger partial charge in [-0.2, -0.15) is 0 Å². The molecule has 0 aliphatic carbocycles. The molecule has 36 heavy (non-hydrogen) atoms. The summed E-state index contributed by atoms with van der Waals surface area (Å²) in [5.74, 6) is 0. The monoisotopic (exact) mass is 502 g/mol. The molecule has 5 aromatic carbocycles. The van der Waals surface area contributed by atoms with E-state index in [1.54, 1.807) is 0 Å². The van der Waals surface area contributed by atoms with E-state index in [1.165, 1.54) is 32.6 Å². The van der Waals surface area contributed by atoms with Gasteiger partial charge in [0.25, 0.3) is 0 Å². The molecule has 5 aromatic rings. The molecule has 0 bridgehead atoms. The summed E-state index contributed by atoms with van der Waals surface area (Å²) in [5, 5.41) is 2.67. The highest BCUT2D eigenvalue weighted by Gasteiger charge is 2.18. The Balaban J connectivity index is 1.35. The predicted octanol–water partition coefficient (Wildman–Crippen LogP) is 4.72. The molecule has 0 aromatic heterocycles. The van der Waals surface area contributed by atoms with Crippen LogP contribution in [0, 0.1) is 0 Å². The topological polar surface area (TPSA) is 18.5 Å². The molecular formula is C32H30O2Si2. The molecule has 0 spiro atoms. The van der Waals surface area contributed by atoms with Crippen LogP contribution in [0.5, 0.6) is 0 Å². The van der Waals surface area contributed by atoms with Gasteiger partial charge in [0.15, 0.2) is 19.5 Å². The summed E-state index contributed by atoms with van der Waals surface area (Å²) in [5.41, 5.74) is 4.76. The van der Waals surface area contributed by atoms with Crippen LogP contribution in [-0.4, -0.2) is 19.5 Å². The van der Waals surface area contributed by atoms with Gasteiger partial charge in [-0.25, -0.2) is 0 Å². The highest BCUT2D eigenvalue weighted by atomic mass is 28.2. The van der Waals surface area contributed by atoms with E-state index in [-0.39, 0.29) is 12.2 Å². The Morgan fingerprint density at radius 1 is 0.333 bits per heavy atom. The molecule has 0 saturated heterocycles. The van der Waals surface area contributed by atoms with E-state index in [4.69, 9.17) is 8.85 Å². The lowest BCUT2D eigenvalue weighted by Gasteiger charge is -2.22. The first-order valence-electron chi connectivity index (χ1n) is 12.4. The lowest BCUT2D eigenvalue weighted by atomic mass is 10.0. The van der Waals surface area contributed by atoms with Gasteiger partial charge in [0.05, 0.1) is 12.2 Å². The fraction of sp³-hybridized carbons (Fsp3) is 0.0625. The average molecular weight is 503 g/mol. The first kappa shape index (κ1) is 24.2. The van der Waals surface area contributed by atoms with Crippen LogP contribution in [-0.2, 0) is 8.85 Å². The van der Waals surface area contributed by atoms with Gasteiger partial charge in [-0.1, -0.05) is 146 Å². The largest absolute Gasteiger partial charge is 0.408 e. The molecule has 0 unspecified atom stereocenters. The van der Waals surface area contributed by atoms with Gasteiger partial charge in [-0.3, -0.25) is 0 Å². The molecule has 5 rings (SSSR count). The minimum Gasteiger partial charge on any atom is -0.408 e. The molecular weight excluding hydrogens is 473 g/mol. The Labute approximate surface area is 218 Å². The number of hydrogen-bond acceptors (Lipinski definition) is 2. The summed E-state index contributed by atoms with van der Waals surface area (Å²) in [4.78, 5) is 0. The molecule has 0 amide bonds. The van der Waals surface area contributed by atoms with Crippen molar-refractivity contribution >= 4 is 29.9 Å². The normalized spacial score (nSPS) is 11.8. The van der Waals surface area contributed by atoms with Crippen molar-refractivity contribution in [2.24, 2.45) is 0 Å². The Hall–Kier alpha value is -3.55. The molecule has 0 fully saturated rings. The minimum atomic E-state index is -0.991. The first-order chi connectivity index (χ1) is 17.9. The van der Waals surface area contributed by atoms with Crippen molar-refractivity contribution in [2.75, 3.05) is 0 Å². The van der Waals surface area contributed by atoms with E-state index < -0.39 is 19.5 Å². The summed E-state index contributed by atoms with van der Waals surface area (Å²) < 4.78 is 13.4. The predicted molar refractivity (Wildman–Crippen MR) is 154 cm³/mol. The fourth-order valence-electron chi connectivity index (χ4n) is 4.47. The molecule has 2 nitrogen and oxygen atoms in total. The molecule has 0 N–H and O–H groups in total. The van der Waals surface area contributed by atoms with E-state index in [0.717, 1.165) is 0 Å². The lowest BCUT2D eigenvalue weighted by Crippen LogP contribution is -2.39. The highest BCUT2D eigenvalue weighted by molar-refractivity contribution is 6.61. The van der Waals surface area contributed by atoms with Gasteiger partial charge in [-0.05, 0) is 32.6 Å². The standard InChI is InChI=1S/C32H30O2Si2/c1-5-15-25(16-6-1)31(26-17-7-2-8-18-26)33-35-29-23-13-14-24-30(29)36-34-32(27-19-9-3-10-20-27)28-21-11-4-12-22-28/h1-24,31-32H,35-36H2. The van der Waals surface area contributed by atoms with Crippen molar-refractivity contribution in [3.8, 4) is 0 Å². The Morgan fingerprint density at radius 3 is 0.861 bits per heavy atom. The second-order valence-electron chi connectivity index (χ2n) is 8.79. The number of hydrogen-bond donors (Lipinski definition) is 0. The van der Waals surface area contributed by atoms with Gasteiger partial charge in [0.2, 0.25) is 0 Å². The van der Waals surface area contributed by atoms with E-state index >= 15 is 0 Å². The van der Waals surface area contributed by atoms with Gasteiger partial charge < -0.3 is 8.85 Å². The molecule has 178 valence electrons. The summed E-state index contributed by atoms with van der Waals surface area (Å²) in [6.07, 6.45) is -0.118. The van der Waals surface area contributed by atoms with Crippen molar-refractivity contribution in [2.45, 2.75) is 12.2 Å². The highest BCUT2D eigenvalue weighted by Crippen LogP contribution is 2.26. The number of benzene rings is 5. The maximum atomic E-state index is 6.72. The average Bonchev–Trinajstić information content (AvgIpc) is 2.96. The van der Waals surface area contributed by atoms with Gasteiger partial charge in [-0.15, -0.1) is 0 Å².